The lowest BCUT2D eigenvalue weighted by Gasteiger charge is -2.24. The van der Waals surface area contributed by atoms with Crippen LogP contribution in [0, 0.1) is 0 Å². The number of alkyl halides is 3. The predicted molar refractivity (Wildman–Crippen MR) is 51.6 cm³/mol. The molecule has 0 radical (unpaired) electrons. The third-order valence-electron chi connectivity index (χ3n) is 2.17. The highest BCUT2D eigenvalue weighted by atomic mass is 19.4. The quantitative estimate of drug-likeness (QED) is 0.710. The average molecular weight is 220 g/mol. The molecule has 15 heavy (non-hydrogen) atoms. The maximum atomic E-state index is 12.8. The summed E-state index contributed by atoms with van der Waals surface area (Å²) in [5, 5.41) is 0. The second-order valence-corrected chi connectivity index (χ2v) is 4.43. The zero-order valence-corrected chi connectivity index (χ0v) is 9.31. The molecule has 0 spiro atoms. The van der Waals surface area contributed by atoms with Crippen LogP contribution in [0.1, 0.15) is 39.1 Å². The molecule has 0 aliphatic carbocycles. The maximum absolute atomic E-state index is 12.8. The molecule has 0 aliphatic heterocycles. The second kappa shape index (κ2) is 3.54. The minimum Gasteiger partial charge on any atom is -0.321 e. The average Bonchev–Trinajstić information content (AvgIpc) is 2.44. The summed E-state index contributed by atoms with van der Waals surface area (Å²) < 4.78 is 39.6. The van der Waals surface area contributed by atoms with E-state index in [-0.39, 0.29) is 12.1 Å². The van der Waals surface area contributed by atoms with Crippen LogP contribution in [0.25, 0.3) is 0 Å². The van der Waals surface area contributed by atoms with Gasteiger partial charge in [-0.3, -0.25) is 0 Å². The van der Waals surface area contributed by atoms with Gasteiger partial charge in [0.1, 0.15) is 5.69 Å². The number of imidazole rings is 1. The molecule has 5 heteroatoms. The Morgan fingerprint density at radius 1 is 1.27 bits per heavy atom. The van der Waals surface area contributed by atoms with Crippen LogP contribution in [0.4, 0.5) is 13.2 Å². The fraction of sp³-hybridized carbons (Fsp3) is 0.700. The van der Waals surface area contributed by atoms with Crippen LogP contribution in [-0.4, -0.2) is 9.55 Å². The van der Waals surface area contributed by atoms with Crippen molar-refractivity contribution in [1.29, 1.82) is 0 Å². The van der Waals surface area contributed by atoms with E-state index in [1.54, 1.807) is 27.7 Å². The molecule has 86 valence electrons. The molecule has 1 rings (SSSR count). The van der Waals surface area contributed by atoms with Crippen molar-refractivity contribution >= 4 is 0 Å². The van der Waals surface area contributed by atoms with Gasteiger partial charge in [0.05, 0.1) is 12.0 Å². The second-order valence-electron chi connectivity index (χ2n) is 4.43. The molecule has 2 nitrogen and oxygen atoms in total. The molecule has 0 fully saturated rings. The number of rotatable bonds is 1. The Morgan fingerprint density at radius 2 is 1.80 bits per heavy atom. The van der Waals surface area contributed by atoms with Crippen LogP contribution in [-0.2, 0) is 18.1 Å². The lowest BCUT2D eigenvalue weighted by Crippen LogP contribution is -2.27. The normalized spacial score (nSPS) is 13.3. The van der Waals surface area contributed by atoms with E-state index in [9.17, 15) is 13.2 Å². The molecule has 0 bridgehead atoms. The molecule has 0 N–H and O–H groups in total. The van der Waals surface area contributed by atoms with Crippen LogP contribution in [0.3, 0.4) is 0 Å². The molecule has 0 saturated carbocycles. The van der Waals surface area contributed by atoms with Crippen molar-refractivity contribution in [1.82, 2.24) is 9.55 Å². The smallest absolute Gasteiger partial charge is 0.321 e. The molecule has 0 amide bonds. The van der Waals surface area contributed by atoms with Gasteiger partial charge in [-0.05, 0) is 27.2 Å². The fourth-order valence-electron chi connectivity index (χ4n) is 1.45. The minimum absolute atomic E-state index is 0.109. The molecule has 0 aliphatic rings. The molecule has 1 heterocycles. The molecule has 1 aromatic rings. The molecular weight excluding hydrogens is 205 g/mol. The van der Waals surface area contributed by atoms with Gasteiger partial charge in [0, 0.05) is 5.54 Å². The number of halogens is 3. The van der Waals surface area contributed by atoms with Crippen molar-refractivity contribution in [3.63, 3.8) is 0 Å². The lowest BCUT2D eigenvalue weighted by molar-refractivity contribution is -0.145. The van der Waals surface area contributed by atoms with Gasteiger partial charge in [-0.25, -0.2) is 4.98 Å². The third-order valence-corrected chi connectivity index (χ3v) is 2.17. The van der Waals surface area contributed by atoms with Crippen molar-refractivity contribution in [3.8, 4) is 0 Å². The summed E-state index contributed by atoms with van der Waals surface area (Å²) in [6.45, 7) is 6.85. The highest BCUT2D eigenvalue weighted by Crippen LogP contribution is 2.34. The first kappa shape index (κ1) is 12.1. The topological polar surface area (TPSA) is 17.8 Å². The van der Waals surface area contributed by atoms with Gasteiger partial charge in [-0.15, -0.1) is 0 Å². The summed E-state index contributed by atoms with van der Waals surface area (Å²) >= 11 is 0. The first-order valence-electron chi connectivity index (χ1n) is 4.81. The van der Waals surface area contributed by atoms with Crippen LogP contribution in [0.2, 0.25) is 0 Å². The molecular formula is C10H15F3N2. The monoisotopic (exact) mass is 220 g/mol. The minimum atomic E-state index is -4.34. The maximum Gasteiger partial charge on any atom is 0.433 e. The van der Waals surface area contributed by atoms with E-state index in [1.807, 2.05) is 0 Å². The molecule has 0 atom stereocenters. The van der Waals surface area contributed by atoms with E-state index < -0.39 is 17.4 Å². The summed E-state index contributed by atoms with van der Waals surface area (Å²) in [4.78, 5) is 3.81. The number of hydrogen-bond donors (Lipinski definition) is 0. The van der Waals surface area contributed by atoms with E-state index in [4.69, 9.17) is 0 Å². The summed E-state index contributed by atoms with van der Waals surface area (Å²) in [6.07, 6.45) is -2.78. The van der Waals surface area contributed by atoms with Gasteiger partial charge in [-0.1, -0.05) is 6.92 Å². The predicted octanol–water partition coefficient (Wildman–Crippen LogP) is 3.22. The fourth-order valence-corrected chi connectivity index (χ4v) is 1.45. The Labute approximate surface area is 87.1 Å². The van der Waals surface area contributed by atoms with Gasteiger partial charge in [-0.2, -0.15) is 13.2 Å². The van der Waals surface area contributed by atoms with Gasteiger partial charge in [0.25, 0.3) is 0 Å². The van der Waals surface area contributed by atoms with Crippen LogP contribution in [0.5, 0.6) is 0 Å². The Balaban J connectivity index is 3.37. The standard InChI is InChI=1S/C10H15F3N2/c1-5-7-8(10(11,12)13)15(6-14-7)9(2,3)4/h6H,5H2,1-4H3. The summed E-state index contributed by atoms with van der Waals surface area (Å²) in [7, 11) is 0. The number of nitrogens with zero attached hydrogens (tertiary/aromatic N) is 2. The van der Waals surface area contributed by atoms with Crippen molar-refractivity contribution in [2.24, 2.45) is 0 Å². The molecule has 0 aromatic carbocycles. The van der Waals surface area contributed by atoms with E-state index in [1.165, 1.54) is 10.9 Å². The van der Waals surface area contributed by atoms with Crippen molar-refractivity contribution in [2.75, 3.05) is 0 Å². The number of hydrogen-bond acceptors (Lipinski definition) is 1. The van der Waals surface area contributed by atoms with E-state index in [2.05, 4.69) is 4.98 Å². The Kier molecular flexibility index (Phi) is 2.85. The van der Waals surface area contributed by atoms with Gasteiger partial charge < -0.3 is 4.57 Å². The zero-order chi connectivity index (χ0) is 11.9. The van der Waals surface area contributed by atoms with Crippen LogP contribution < -0.4 is 0 Å². The largest absolute Gasteiger partial charge is 0.433 e. The van der Waals surface area contributed by atoms with Gasteiger partial charge in [0.2, 0.25) is 0 Å². The van der Waals surface area contributed by atoms with Crippen molar-refractivity contribution in [2.45, 2.75) is 45.8 Å². The first-order valence-corrected chi connectivity index (χ1v) is 4.81. The van der Waals surface area contributed by atoms with Crippen LogP contribution in [0.15, 0.2) is 6.33 Å². The molecule has 0 saturated heterocycles. The summed E-state index contributed by atoms with van der Waals surface area (Å²) in [6, 6.07) is 0. The number of aromatic nitrogens is 2. The zero-order valence-electron chi connectivity index (χ0n) is 9.31. The number of aryl methyl sites for hydroxylation is 1. The Morgan fingerprint density at radius 3 is 2.13 bits per heavy atom. The Hall–Kier alpha value is -1.00. The van der Waals surface area contributed by atoms with E-state index in [0.717, 1.165) is 0 Å². The molecule has 0 unspecified atom stereocenters. The van der Waals surface area contributed by atoms with Gasteiger partial charge in [0.15, 0.2) is 0 Å². The van der Waals surface area contributed by atoms with Crippen molar-refractivity contribution in [3.05, 3.63) is 17.7 Å². The molecule has 1 aromatic heterocycles. The van der Waals surface area contributed by atoms with E-state index in [0.29, 0.717) is 0 Å². The third kappa shape index (κ3) is 2.33. The van der Waals surface area contributed by atoms with Crippen LogP contribution >= 0.6 is 0 Å². The summed E-state index contributed by atoms with van der Waals surface area (Å²) in [5.41, 5.74) is -1.12. The Bertz CT molecular complexity index is 345. The lowest BCUT2D eigenvalue weighted by atomic mass is 10.1. The highest BCUT2D eigenvalue weighted by Gasteiger charge is 2.39. The highest BCUT2D eigenvalue weighted by molar-refractivity contribution is 5.18. The first-order chi connectivity index (χ1) is 6.68. The summed E-state index contributed by atoms with van der Waals surface area (Å²) in [5.74, 6) is 0. The van der Waals surface area contributed by atoms with E-state index >= 15 is 0 Å². The SMILES string of the molecule is CCc1ncn(C(C)(C)C)c1C(F)(F)F. The van der Waals surface area contributed by atoms with Gasteiger partial charge >= 0.3 is 6.18 Å². The van der Waals surface area contributed by atoms with Crippen molar-refractivity contribution < 1.29 is 13.2 Å².